The Morgan fingerprint density at radius 2 is 1.52 bits per heavy atom. The van der Waals surface area contributed by atoms with E-state index in [4.69, 9.17) is 0 Å². The molecule has 2 rings (SSSR count). The summed E-state index contributed by atoms with van der Waals surface area (Å²) >= 11 is 3.28. The Bertz CT molecular complexity index is 625. The Kier molecular flexibility index (Phi) is 5.06. The maximum absolute atomic E-state index is 13.8. The van der Waals surface area contributed by atoms with Crippen molar-refractivity contribution in [1.82, 2.24) is 5.32 Å². The van der Waals surface area contributed by atoms with Crippen LogP contribution in [0.4, 0.5) is 13.2 Å². The SMILES string of the molecule is CC(NC(C)c1c(F)cccc1F)c1cc(Br)ccc1F. The summed E-state index contributed by atoms with van der Waals surface area (Å²) in [5.74, 6) is -1.59. The second-order valence-corrected chi connectivity index (χ2v) is 5.83. The minimum Gasteiger partial charge on any atom is -0.303 e. The first-order valence-corrected chi connectivity index (χ1v) is 7.34. The summed E-state index contributed by atoms with van der Waals surface area (Å²) in [5.41, 5.74) is 0.396. The smallest absolute Gasteiger partial charge is 0.130 e. The highest BCUT2D eigenvalue weighted by molar-refractivity contribution is 9.10. The van der Waals surface area contributed by atoms with Crippen molar-refractivity contribution in [2.45, 2.75) is 25.9 Å². The molecule has 2 atom stereocenters. The number of hydrogen-bond acceptors (Lipinski definition) is 1. The Hall–Kier alpha value is -1.33. The summed E-state index contributed by atoms with van der Waals surface area (Å²) in [7, 11) is 0. The fourth-order valence-corrected chi connectivity index (χ4v) is 2.70. The first kappa shape index (κ1) is 16.0. The van der Waals surface area contributed by atoms with Crippen LogP contribution in [0.2, 0.25) is 0 Å². The van der Waals surface area contributed by atoms with E-state index >= 15 is 0 Å². The molecule has 0 saturated carbocycles. The lowest BCUT2D eigenvalue weighted by atomic mass is 10.0. The fourth-order valence-electron chi connectivity index (χ4n) is 2.32. The molecule has 0 saturated heterocycles. The van der Waals surface area contributed by atoms with Gasteiger partial charge in [0.1, 0.15) is 17.5 Å². The van der Waals surface area contributed by atoms with E-state index in [0.717, 1.165) is 4.47 Å². The third kappa shape index (κ3) is 3.66. The molecule has 0 aliphatic rings. The molecule has 0 amide bonds. The highest BCUT2D eigenvalue weighted by Crippen LogP contribution is 2.26. The summed E-state index contributed by atoms with van der Waals surface area (Å²) in [6, 6.07) is 7.37. The highest BCUT2D eigenvalue weighted by Gasteiger charge is 2.19. The Balaban J connectivity index is 2.23. The van der Waals surface area contributed by atoms with E-state index in [9.17, 15) is 13.2 Å². The molecule has 0 radical (unpaired) electrons. The van der Waals surface area contributed by atoms with Crippen LogP contribution in [0.5, 0.6) is 0 Å². The van der Waals surface area contributed by atoms with Crippen LogP contribution < -0.4 is 5.32 Å². The molecular weight excluding hydrogens is 343 g/mol. The number of hydrogen-bond donors (Lipinski definition) is 1. The van der Waals surface area contributed by atoms with Crippen molar-refractivity contribution < 1.29 is 13.2 Å². The maximum atomic E-state index is 13.8. The number of halogens is 4. The van der Waals surface area contributed by atoms with E-state index in [2.05, 4.69) is 21.2 Å². The van der Waals surface area contributed by atoms with Gasteiger partial charge in [0.25, 0.3) is 0 Å². The van der Waals surface area contributed by atoms with Crippen LogP contribution in [0, 0.1) is 17.5 Å². The van der Waals surface area contributed by atoms with Crippen LogP contribution >= 0.6 is 15.9 Å². The summed E-state index contributed by atoms with van der Waals surface area (Å²) in [5, 5.41) is 3.02. The van der Waals surface area contributed by atoms with Gasteiger partial charge in [-0.25, -0.2) is 13.2 Å². The lowest BCUT2D eigenvalue weighted by Crippen LogP contribution is -2.24. The van der Waals surface area contributed by atoms with E-state index in [-0.39, 0.29) is 11.4 Å². The van der Waals surface area contributed by atoms with Gasteiger partial charge >= 0.3 is 0 Å². The van der Waals surface area contributed by atoms with E-state index in [1.807, 2.05) is 0 Å². The zero-order valence-electron chi connectivity index (χ0n) is 11.6. The molecule has 2 aromatic rings. The molecule has 0 aliphatic carbocycles. The van der Waals surface area contributed by atoms with Gasteiger partial charge in [-0.3, -0.25) is 0 Å². The molecule has 0 fully saturated rings. The Labute approximate surface area is 130 Å². The molecule has 0 spiro atoms. The van der Waals surface area contributed by atoms with Gasteiger partial charge in [-0.1, -0.05) is 22.0 Å². The van der Waals surface area contributed by atoms with Gasteiger partial charge in [0, 0.05) is 27.7 Å². The van der Waals surface area contributed by atoms with E-state index in [0.29, 0.717) is 5.56 Å². The van der Waals surface area contributed by atoms with Crippen LogP contribution in [0.3, 0.4) is 0 Å². The zero-order chi connectivity index (χ0) is 15.6. The molecule has 0 heterocycles. The van der Waals surface area contributed by atoms with Gasteiger partial charge in [-0.15, -0.1) is 0 Å². The van der Waals surface area contributed by atoms with Gasteiger partial charge < -0.3 is 5.32 Å². The highest BCUT2D eigenvalue weighted by atomic mass is 79.9. The molecular formula is C16H15BrF3N. The first-order chi connectivity index (χ1) is 9.90. The van der Waals surface area contributed by atoms with Crippen molar-refractivity contribution >= 4 is 15.9 Å². The van der Waals surface area contributed by atoms with Crippen molar-refractivity contribution in [3.63, 3.8) is 0 Å². The molecule has 5 heteroatoms. The van der Waals surface area contributed by atoms with E-state index in [1.165, 1.54) is 24.3 Å². The topological polar surface area (TPSA) is 12.0 Å². The summed E-state index contributed by atoms with van der Waals surface area (Å²) in [6.07, 6.45) is 0. The van der Waals surface area contributed by atoms with E-state index < -0.39 is 23.7 Å². The van der Waals surface area contributed by atoms with Gasteiger partial charge in [0.2, 0.25) is 0 Å². The maximum Gasteiger partial charge on any atom is 0.130 e. The third-order valence-corrected chi connectivity index (χ3v) is 3.85. The molecule has 1 nitrogen and oxygen atoms in total. The molecule has 21 heavy (non-hydrogen) atoms. The summed E-state index contributed by atoms with van der Waals surface area (Å²) in [6.45, 7) is 3.40. The van der Waals surface area contributed by atoms with Crippen LogP contribution in [0.1, 0.15) is 37.1 Å². The molecule has 0 aromatic heterocycles. The van der Waals surface area contributed by atoms with Gasteiger partial charge in [-0.2, -0.15) is 0 Å². The van der Waals surface area contributed by atoms with Gasteiger partial charge in [0.05, 0.1) is 0 Å². The molecule has 1 N–H and O–H groups in total. The Morgan fingerprint density at radius 3 is 2.14 bits per heavy atom. The van der Waals surface area contributed by atoms with E-state index in [1.54, 1.807) is 26.0 Å². The second kappa shape index (κ2) is 6.62. The van der Waals surface area contributed by atoms with Crippen molar-refractivity contribution in [2.75, 3.05) is 0 Å². The largest absolute Gasteiger partial charge is 0.303 e. The van der Waals surface area contributed by atoms with Gasteiger partial charge in [0.15, 0.2) is 0 Å². The van der Waals surface area contributed by atoms with Crippen molar-refractivity contribution in [2.24, 2.45) is 0 Å². The summed E-state index contributed by atoms with van der Waals surface area (Å²) in [4.78, 5) is 0. The molecule has 112 valence electrons. The van der Waals surface area contributed by atoms with Gasteiger partial charge in [-0.05, 0) is 44.2 Å². The van der Waals surface area contributed by atoms with Crippen molar-refractivity contribution in [3.8, 4) is 0 Å². The zero-order valence-corrected chi connectivity index (χ0v) is 13.2. The average Bonchev–Trinajstić information content (AvgIpc) is 2.41. The predicted molar refractivity (Wildman–Crippen MR) is 80.4 cm³/mol. The molecule has 2 aromatic carbocycles. The number of rotatable bonds is 4. The average molecular weight is 358 g/mol. The Morgan fingerprint density at radius 1 is 0.905 bits per heavy atom. The first-order valence-electron chi connectivity index (χ1n) is 6.55. The minimum absolute atomic E-state index is 0.0419. The molecule has 0 aliphatic heterocycles. The lowest BCUT2D eigenvalue weighted by molar-refractivity contribution is 0.439. The van der Waals surface area contributed by atoms with Crippen molar-refractivity contribution in [3.05, 3.63) is 69.4 Å². The number of nitrogens with one attached hydrogen (secondary N) is 1. The normalized spacial score (nSPS) is 14.0. The molecule has 0 bridgehead atoms. The predicted octanol–water partition coefficient (Wildman–Crippen LogP) is 5.28. The van der Waals surface area contributed by atoms with Crippen LogP contribution in [0.25, 0.3) is 0 Å². The lowest BCUT2D eigenvalue weighted by Gasteiger charge is -2.22. The second-order valence-electron chi connectivity index (χ2n) is 4.91. The molecule has 2 unspecified atom stereocenters. The quantitative estimate of drug-likeness (QED) is 0.784. The fraction of sp³-hybridized carbons (Fsp3) is 0.250. The van der Waals surface area contributed by atoms with Crippen LogP contribution in [-0.2, 0) is 0 Å². The summed E-state index contributed by atoms with van der Waals surface area (Å²) < 4.78 is 42.0. The third-order valence-electron chi connectivity index (χ3n) is 3.36. The standard InChI is InChI=1S/C16H15BrF3N/c1-9(12-8-11(17)6-7-13(12)18)21-10(2)16-14(19)4-3-5-15(16)20/h3-10,21H,1-2H3. The monoisotopic (exact) mass is 357 g/mol. The van der Waals surface area contributed by atoms with Crippen LogP contribution in [-0.4, -0.2) is 0 Å². The number of benzene rings is 2. The minimum atomic E-state index is -0.614. The van der Waals surface area contributed by atoms with Crippen molar-refractivity contribution in [1.29, 1.82) is 0 Å². The van der Waals surface area contributed by atoms with Crippen LogP contribution in [0.15, 0.2) is 40.9 Å².